The predicted molar refractivity (Wildman–Crippen MR) is 66.3 cm³/mol. The molecule has 0 saturated heterocycles. The fourth-order valence-electron chi connectivity index (χ4n) is 1.28. The van der Waals surface area contributed by atoms with E-state index in [0.717, 1.165) is 10.3 Å². The van der Waals surface area contributed by atoms with Gasteiger partial charge in [-0.15, -0.1) is 11.3 Å². The number of hydrogen-bond donors (Lipinski definition) is 1. The van der Waals surface area contributed by atoms with Crippen molar-refractivity contribution in [1.82, 2.24) is 9.97 Å². The maximum Gasteiger partial charge on any atom is 0.251 e. The van der Waals surface area contributed by atoms with Crippen molar-refractivity contribution in [3.05, 3.63) is 33.4 Å². The first kappa shape index (κ1) is 11.2. The van der Waals surface area contributed by atoms with Crippen LogP contribution in [0.4, 0.5) is 0 Å². The van der Waals surface area contributed by atoms with Crippen molar-refractivity contribution in [1.29, 1.82) is 0 Å². The van der Waals surface area contributed by atoms with Crippen molar-refractivity contribution < 1.29 is 4.79 Å². The molecule has 2 aromatic rings. The molecule has 82 valence electrons. The van der Waals surface area contributed by atoms with Crippen LogP contribution >= 0.6 is 27.3 Å². The van der Waals surface area contributed by atoms with Gasteiger partial charge in [-0.2, -0.15) is 0 Å². The maximum absolute atomic E-state index is 11.3. The minimum absolute atomic E-state index is 0.396. The molecule has 2 N–H and O–H groups in total. The van der Waals surface area contributed by atoms with Crippen LogP contribution in [0.1, 0.15) is 16.1 Å². The van der Waals surface area contributed by atoms with Crippen molar-refractivity contribution in [2.45, 2.75) is 6.92 Å². The van der Waals surface area contributed by atoms with Gasteiger partial charge in [0, 0.05) is 11.1 Å². The third-order valence-electron chi connectivity index (χ3n) is 1.98. The predicted octanol–water partition coefficient (Wildman–Crippen LogP) is 2.37. The molecule has 0 aliphatic heterocycles. The lowest BCUT2D eigenvalue weighted by molar-refractivity contribution is 0.100. The van der Waals surface area contributed by atoms with Crippen molar-refractivity contribution in [3.63, 3.8) is 0 Å². The first-order valence-electron chi connectivity index (χ1n) is 4.47. The van der Waals surface area contributed by atoms with Gasteiger partial charge >= 0.3 is 0 Å². The largest absolute Gasteiger partial charge is 0.366 e. The second-order valence-corrected chi connectivity index (χ2v) is 4.86. The molecule has 0 bridgehead atoms. The molecule has 2 aromatic heterocycles. The van der Waals surface area contributed by atoms with Crippen LogP contribution in [-0.4, -0.2) is 15.9 Å². The molecule has 0 unspecified atom stereocenters. The average molecular weight is 298 g/mol. The van der Waals surface area contributed by atoms with Crippen LogP contribution in [-0.2, 0) is 0 Å². The molecule has 0 aromatic carbocycles. The summed E-state index contributed by atoms with van der Waals surface area (Å²) in [6.45, 7) is 1.86. The number of aromatic nitrogens is 2. The number of thiazole rings is 1. The van der Waals surface area contributed by atoms with Crippen LogP contribution in [0.5, 0.6) is 0 Å². The Bertz CT molecular complexity index is 553. The van der Waals surface area contributed by atoms with Gasteiger partial charge in [-0.1, -0.05) is 0 Å². The molecule has 0 spiro atoms. The molecule has 0 saturated carbocycles. The number of rotatable bonds is 2. The van der Waals surface area contributed by atoms with Crippen LogP contribution in [0.3, 0.4) is 0 Å². The van der Waals surface area contributed by atoms with E-state index in [0.29, 0.717) is 16.3 Å². The summed E-state index contributed by atoms with van der Waals surface area (Å²) in [5.74, 6) is -0.492. The highest BCUT2D eigenvalue weighted by atomic mass is 79.9. The molecule has 4 nitrogen and oxygen atoms in total. The van der Waals surface area contributed by atoms with Gasteiger partial charge < -0.3 is 5.73 Å². The van der Waals surface area contributed by atoms with E-state index >= 15 is 0 Å². The fourth-order valence-corrected chi connectivity index (χ4v) is 2.54. The number of hydrogen-bond acceptors (Lipinski definition) is 4. The molecule has 0 atom stereocenters. The van der Waals surface area contributed by atoms with Crippen LogP contribution in [0.25, 0.3) is 10.7 Å². The minimum atomic E-state index is -0.492. The smallest absolute Gasteiger partial charge is 0.251 e. The monoisotopic (exact) mass is 297 g/mol. The van der Waals surface area contributed by atoms with Crippen LogP contribution < -0.4 is 5.73 Å². The van der Waals surface area contributed by atoms with Gasteiger partial charge in [-0.25, -0.2) is 9.97 Å². The standard InChI is InChI=1S/C10H8BrN3OS/c1-5-2-3-6(9(12)15)8(13-5)10-14-7(11)4-16-10/h2-4H,1H3,(H2,12,15). The maximum atomic E-state index is 11.3. The number of carbonyl (C=O) groups excluding carboxylic acids is 1. The van der Waals surface area contributed by atoms with E-state index in [-0.39, 0.29) is 0 Å². The Labute approximate surface area is 105 Å². The lowest BCUT2D eigenvalue weighted by Gasteiger charge is -2.03. The van der Waals surface area contributed by atoms with E-state index in [1.165, 1.54) is 11.3 Å². The van der Waals surface area contributed by atoms with E-state index in [1.807, 2.05) is 12.3 Å². The SMILES string of the molecule is Cc1ccc(C(N)=O)c(-c2nc(Br)cs2)n1. The first-order chi connectivity index (χ1) is 7.58. The lowest BCUT2D eigenvalue weighted by atomic mass is 10.1. The molecule has 16 heavy (non-hydrogen) atoms. The Morgan fingerprint density at radius 3 is 2.75 bits per heavy atom. The van der Waals surface area contributed by atoms with Gasteiger partial charge in [0.15, 0.2) is 0 Å². The number of amides is 1. The average Bonchev–Trinajstić information content (AvgIpc) is 2.64. The Hall–Kier alpha value is -1.27. The molecule has 0 aliphatic rings. The third kappa shape index (κ3) is 2.12. The zero-order valence-electron chi connectivity index (χ0n) is 8.40. The van der Waals surface area contributed by atoms with E-state index < -0.39 is 5.91 Å². The lowest BCUT2D eigenvalue weighted by Crippen LogP contribution is -2.13. The van der Waals surface area contributed by atoms with Gasteiger partial charge in [0.05, 0.1) is 5.56 Å². The van der Waals surface area contributed by atoms with Crippen molar-refractivity contribution >= 4 is 33.2 Å². The number of halogens is 1. The minimum Gasteiger partial charge on any atom is -0.366 e. The Morgan fingerprint density at radius 2 is 2.19 bits per heavy atom. The van der Waals surface area contributed by atoms with E-state index in [9.17, 15) is 4.79 Å². The fraction of sp³-hybridized carbons (Fsp3) is 0.100. The summed E-state index contributed by atoms with van der Waals surface area (Å²) in [6.07, 6.45) is 0. The number of nitrogens with zero attached hydrogens (tertiary/aromatic N) is 2. The van der Waals surface area contributed by atoms with Crippen molar-refractivity contribution in [2.75, 3.05) is 0 Å². The molecular weight excluding hydrogens is 290 g/mol. The van der Waals surface area contributed by atoms with E-state index in [2.05, 4.69) is 25.9 Å². The van der Waals surface area contributed by atoms with Crippen molar-refractivity contribution in [2.24, 2.45) is 5.73 Å². The molecule has 2 heterocycles. The summed E-state index contributed by atoms with van der Waals surface area (Å²) >= 11 is 4.68. The molecule has 2 rings (SSSR count). The van der Waals surface area contributed by atoms with Crippen molar-refractivity contribution in [3.8, 4) is 10.7 Å². The second-order valence-electron chi connectivity index (χ2n) is 3.19. The topological polar surface area (TPSA) is 68.9 Å². The molecule has 6 heteroatoms. The molecule has 0 radical (unpaired) electrons. The van der Waals surface area contributed by atoms with E-state index in [1.54, 1.807) is 12.1 Å². The number of aryl methyl sites for hydroxylation is 1. The Morgan fingerprint density at radius 1 is 1.44 bits per heavy atom. The van der Waals surface area contributed by atoms with Crippen LogP contribution in [0.15, 0.2) is 22.1 Å². The third-order valence-corrected chi connectivity index (χ3v) is 3.54. The van der Waals surface area contributed by atoms with Crippen LogP contribution in [0.2, 0.25) is 0 Å². The zero-order valence-corrected chi connectivity index (χ0v) is 10.8. The number of primary amides is 1. The molecular formula is C10H8BrN3OS. The quantitative estimate of drug-likeness (QED) is 0.925. The summed E-state index contributed by atoms with van der Waals surface area (Å²) in [6, 6.07) is 3.43. The second kappa shape index (κ2) is 4.31. The summed E-state index contributed by atoms with van der Waals surface area (Å²) in [5.41, 5.74) is 7.06. The highest BCUT2D eigenvalue weighted by Crippen LogP contribution is 2.27. The highest BCUT2D eigenvalue weighted by Gasteiger charge is 2.14. The molecule has 1 amide bonds. The zero-order chi connectivity index (χ0) is 11.7. The van der Waals surface area contributed by atoms with Gasteiger partial charge in [0.25, 0.3) is 5.91 Å². The summed E-state index contributed by atoms with van der Waals surface area (Å²) in [4.78, 5) is 19.8. The number of carbonyl (C=O) groups is 1. The Kier molecular flexibility index (Phi) is 3.02. The van der Waals surface area contributed by atoms with Gasteiger partial charge in [-0.05, 0) is 35.0 Å². The van der Waals surface area contributed by atoms with Gasteiger partial charge in [0.1, 0.15) is 15.3 Å². The molecule has 0 fully saturated rings. The first-order valence-corrected chi connectivity index (χ1v) is 6.14. The normalized spacial score (nSPS) is 10.4. The molecule has 0 aliphatic carbocycles. The van der Waals surface area contributed by atoms with E-state index in [4.69, 9.17) is 5.73 Å². The van der Waals surface area contributed by atoms with Gasteiger partial charge in [0.2, 0.25) is 0 Å². The number of pyridine rings is 1. The van der Waals surface area contributed by atoms with Gasteiger partial charge in [-0.3, -0.25) is 4.79 Å². The summed E-state index contributed by atoms with van der Waals surface area (Å²) in [7, 11) is 0. The summed E-state index contributed by atoms with van der Waals surface area (Å²) in [5, 5.41) is 2.52. The Balaban J connectivity index is 2.62. The number of nitrogens with two attached hydrogens (primary N) is 1. The summed E-state index contributed by atoms with van der Waals surface area (Å²) < 4.78 is 0.728. The van der Waals surface area contributed by atoms with Crippen LogP contribution in [0, 0.1) is 6.92 Å². The highest BCUT2D eigenvalue weighted by molar-refractivity contribution is 9.10.